The average molecular weight is 248 g/mol. The molecule has 1 atom stereocenters. The number of ether oxygens (including phenoxy) is 1. The summed E-state index contributed by atoms with van der Waals surface area (Å²) >= 11 is 0. The SMILES string of the molecule is Cc1cccc(N)c1C(=O)NC1(C)CCCOC1. The van der Waals surface area contributed by atoms with Crippen molar-refractivity contribution in [1.29, 1.82) is 0 Å². The number of nitrogen functional groups attached to an aromatic ring is 1. The second kappa shape index (κ2) is 4.98. The highest BCUT2D eigenvalue weighted by Gasteiger charge is 2.30. The van der Waals surface area contributed by atoms with E-state index in [1.807, 2.05) is 26.0 Å². The lowest BCUT2D eigenvalue weighted by Crippen LogP contribution is -2.51. The van der Waals surface area contributed by atoms with Crippen LogP contribution in [0.15, 0.2) is 18.2 Å². The van der Waals surface area contributed by atoms with Gasteiger partial charge >= 0.3 is 0 Å². The van der Waals surface area contributed by atoms with Gasteiger partial charge in [0, 0.05) is 12.3 Å². The first-order valence-corrected chi connectivity index (χ1v) is 6.27. The van der Waals surface area contributed by atoms with Crippen LogP contribution in [0.2, 0.25) is 0 Å². The Morgan fingerprint density at radius 2 is 2.28 bits per heavy atom. The van der Waals surface area contributed by atoms with E-state index in [1.165, 1.54) is 0 Å². The summed E-state index contributed by atoms with van der Waals surface area (Å²) < 4.78 is 5.44. The molecule has 0 spiro atoms. The van der Waals surface area contributed by atoms with E-state index in [1.54, 1.807) is 6.07 Å². The third-order valence-corrected chi connectivity index (χ3v) is 3.39. The standard InChI is InChI=1S/C14H20N2O2/c1-10-5-3-6-11(15)12(10)13(17)16-14(2)7-4-8-18-9-14/h3,5-6H,4,7-9,15H2,1-2H3,(H,16,17). The Bertz CT molecular complexity index is 431. The van der Waals surface area contributed by atoms with Gasteiger partial charge in [-0.1, -0.05) is 12.1 Å². The molecule has 1 aromatic rings. The van der Waals surface area contributed by atoms with E-state index in [0.29, 0.717) is 17.9 Å². The van der Waals surface area contributed by atoms with Crippen molar-refractivity contribution in [2.24, 2.45) is 0 Å². The Hall–Kier alpha value is -1.55. The van der Waals surface area contributed by atoms with Gasteiger partial charge in [0.15, 0.2) is 0 Å². The summed E-state index contributed by atoms with van der Waals surface area (Å²) in [7, 11) is 0. The molecule has 1 unspecified atom stereocenters. The average Bonchev–Trinajstić information content (AvgIpc) is 2.28. The Labute approximate surface area is 108 Å². The second-order valence-corrected chi connectivity index (χ2v) is 5.21. The first-order valence-electron chi connectivity index (χ1n) is 6.27. The number of aryl methyl sites for hydroxylation is 1. The predicted molar refractivity (Wildman–Crippen MR) is 71.5 cm³/mol. The highest BCUT2D eigenvalue weighted by atomic mass is 16.5. The summed E-state index contributed by atoms with van der Waals surface area (Å²) in [5, 5.41) is 3.05. The summed E-state index contributed by atoms with van der Waals surface area (Å²) in [5.74, 6) is -0.112. The zero-order valence-corrected chi connectivity index (χ0v) is 11.0. The van der Waals surface area contributed by atoms with Gasteiger partial charge in [-0.2, -0.15) is 0 Å². The highest BCUT2D eigenvalue weighted by Crippen LogP contribution is 2.21. The van der Waals surface area contributed by atoms with Crippen molar-refractivity contribution in [3.63, 3.8) is 0 Å². The molecular weight excluding hydrogens is 228 g/mol. The summed E-state index contributed by atoms with van der Waals surface area (Å²) in [4.78, 5) is 12.3. The van der Waals surface area contributed by atoms with Gasteiger partial charge in [0.2, 0.25) is 0 Å². The quantitative estimate of drug-likeness (QED) is 0.785. The van der Waals surface area contributed by atoms with E-state index >= 15 is 0 Å². The largest absolute Gasteiger partial charge is 0.398 e. The number of carbonyl (C=O) groups is 1. The van der Waals surface area contributed by atoms with Crippen LogP contribution in [0.5, 0.6) is 0 Å². The zero-order chi connectivity index (χ0) is 13.2. The van der Waals surface area contributed by atoms with Crippen LogP contribution in [-0.4, -0.2) is 24.7 Å². The second-order valence-electron chi connectivity index (χ2n) is 5.21. The monoisotopic (exact) mass is 248 g/mol. The number of anilines is 1. The molecule has 2 rings (SSSR count). The number of nitrogens with one attached hydrogen (secondary N) is 1. The smallest absolute Gasteiger partial charge is 0.254 e. The molecule has 3 N–H and O–H groups in total. The molecule has 1 saturated heterocycles. The topological polar surface area (TPSA) is 64.4 Å². The summed E-state index contributed by atoms with van der Waals surface area (Å²) in [6.07, 6.45) is 1.91. The van der Waals surface area contributed by atoms with Crippen LogP contribution in [0.1, 0.15) is 35.7 Å². The number of carbonyl (C=O) groups excluding carboxylic acids is 1. The maximum absolute atomic E-state index is 12.3. The molecule has 0 aliphatic carbocycles. The molecule has 1 aromatic carbocycles. The fourth-order valence-corrected chi connectivity index (χ4v) is 2.37. The van der Waals surface area contributed by atoms with Crippen molar-refractivity contribution < 1.29 is 9.53 Å². The van der Waals surface area contributed by atoms with Crippen molar-refractivity contribution in [1.82, 2.24) is 5.32 Å². The van der Waals surface area contributed by atoms with Gasteiger partial charge < -0.3 is 15.8 Å². The molecule has 1 fully saturated rings. The number of hydrogen-bond donors (Lipinski definition) is 2. The van der Waals surface area contributed by atoms with Gasteiger partial charge in [-0.15, -0.1) is 0 Å². The third kappa shape index (κ3) is 2.64. The van der Waals surface area contributed by atoms with E-state index in [0.717, 1.165) is 25.0 Å². The number of rotatable bonds is 2. The normalized spacial score (nSPS) is 23.7. The summed E-state index contributed by atoms with van der Waals surface area (Å²) in [6.45, 7) is 5.24. The van der Waals surface area contributed by atoms with Crippen LogP contribution in [-0.2, 0) is 4.74 Å². The molecule has 4 heteroatoms. The van der Waals surface area contributed by atoms with Crippen molar-refractivity contribution in [2.75, 3.05) is 18.9 Å². The van der Waals surface area contributed by atoms with E-state index < -0.39 is 0 Å². The lowest BCUT2D eigenvalue weighted by molar-refractivity contribution is 0.0273. The Kier molecular flexibility index (Phi) is 3.57. The first-order chi connectivity index (χ1) is 8.52. The molecule has 1 aliphatic heterocycles. The van der Waals surface area contributed by atoms with E-state index in [-0.39, 0.29) is 11.4 Å². The molecule has 0 bridgehead atoms. The fourth-order valence-electron chi connectivity index (χ4n) is 2.37. The van der Waals surface area contributed by atoms with Crippen molar-refractivity contribution in [3.8, 4) is 0 Å². The Morgan fingerprint density at radius 3 is 2.89 bits per heavy atom. The number of hydrogen-bond acceptors (Lipinski definition) is 3. The van der Waals surface area contributed by atoms with Crippen molar-refractivity contribution in [2.45, 2.75) is 32.2 Å². The van der Waals surface area contributed by atoms with Gasteiger partial charge in [-0.05, 0) is 38.3 Å². The molecule has 18 heavy (non-hydrogen) atoms. The highest BCUT2D eigenvalue weighted by molar-refractivity contribution is 6.00. The number of benzene rings is 1. The first kappa shape index (κ1) is 12.9. The lowest BCUT2D eigenvalue weighted by Gasteiger charge is -2.34. The maximum Gasteiger partial charge on any atom is 0.254 e. The third-order valence-electron chi connectivity index (χ3n) is 3.39. The minimum Gasteiger partial charge on any atom is -0.398 e. The molecule has 4 nitrogen and oxygen atoms in total. The zero-order valence-electron chi connectivity index (χ0n) is 11.0. The summed E-state index contributed by atoms with van der Waals surface area (Å²) in [6, 6.07) is 5.50. The fraction of sp³-hybridized carbons (Fsp3) is 0.500. The van der Waals surface area contributed by atoms with E-state index in [2.05, 4.69) is 5.32 Å². The molecule has 0 radical (unpaired) electrons. The minimum absolute atomic E-state index is 0.112. The number of amides is 1. The van der Waals surface area contributed by atoms with Gasteiger partial charge in [-0.25, -0.2) is 0 Å². The minimum atomic E-state index is -0.288. The lowest BCUT2D eigenvalue weighted by atomic mass is 9.94. The van der Waals surface area contributed by atoms with Crippen LogP contribution in [0, 0.1) is 6.92 Å². The molecule has 1 amide bonds. The van der Waals surface area contributed by atoms with Crippen LogP contribution in [0.25, 0.3) is 0 Å². The van der Waals surface area contributed by atoms with Gasteiger partial charge in [0.1, 0.15) is 0 Å². The molecule has 1 heterocycles. The van der Waals surface area contributed by atoms with Crippen LogP contribution in [0.4, 0.5) is 5.69 Å². The van der Waals surface area contributed by atoms with Gasteiger partial charge in [0.25, 0.3) is 5.91 Å². The van der Waals surface area contributed by atoms with Gasteiger partial charge in [-0.3, -0.25) is 4.79 Å². The Morgan fingerprint density at radius 1 is 1.50 bits per heavy atom. The van der Waals surface area contributed by atoms with Crippen LogP contribution >= 0.6 is 0 Å². The Balaban J connectivity index is 2.17. The van der Waals surface area contributed by atoms with Crippen LogP contribution in [0.3, 0.4) is 0 Å². The van der Waals surface area contributed by atoms with Gasteiger partial charge in [0.05, 0.1) is 17.7 Å². The molecule has 98 valence electrons. The molecule has 0 saturated carbocycles. The van der Waals surface area contributed by atoms with Crippen LogP contribution < -0.4 is 11.1 Å². The number of nitrogens with two attached hydrogens (primary N) is 1. The van der Waals surface area contributed by atoms with Crippen molar-refractivity contribution >= 4 is 11.6 Å². The predicted octanol–water partition coefficient (Wildman–Crippen LogP) is 1.88. The summed E-state index contributed by atoms with van der Waals surface area (Å²) in [5.41, 5.74) is 7.58. The molecular formula is C14H20N2O2. The van der Waals surface area contributed by atoms with Crippen molar-refractivity contribution in [3.05, 3.63) is 29.3 Å². The molecule has 0 aromatic heterocycles. The maximum atomic E-state index is 12.3. The van der Waals surface area contributed by atoms with E-state index in [4.69, 9.17) is 10.5 Å². The molecule has 1 aliphatic rings. The van der Waals surface area contributed by atoms with E-state index in [9.17, 15) is 4.79 Å².